The van der Waals surface area contributed by atoms with Crippen molar-refractivity contribution in [1.29, 1.82) is 0 Å². The molecule has 1 unspecified atom stereocenters. The Bertz CT molecular complexity index is 356. The molecule has 114 valence electrons. The highest BCUT2D eigenvalue weighted by Gasteiger charge is 2.13. The predicted octanol–water partition coefficient (Wildman–Crippen LogP) is 3.46. The third kappa shape index (κ3) is 7.01. The first-order valence-electron chi connectivity index (χ1n) is 7.81. The van der Waals surface area contributed by atoms with Crippen molar-refractivity contribution in [3.05, 3.63) is 30.1 Å². The molecule has 1 heterocycles. The first kappa shape index (κ1) is 17.1. The molecule has 0 saturated carbocycles. The van der Waals surface area contributed by atoms with E-state index in [1.807, 2.05) is 12.3 Å². The van der Waals surface area contributed by atoms with Crippen molar-refractivity contribution in [2.45, 2.75) is 65.6 Å². The highest BCUT2D eigenvalue weighted by molar-refractivity contribution is 5.03. The van der Waals surface area contributed by atoms with Crippen LogP contribution in [0.3, 0.4) is 0 Å². The maximum absolute atomic E-state index is 4.42. The van der Waals surface area contributed by atoms with Crippen LogP contribution >= 0.6 is 0 Å². The fourth-order valence-corrected chi connectivity index (χ4v) is 2.32. The van der Waals surface area contributed by atoms with Gasteiger partial charge in [-0.3, -0.25) is 9.88 Å². The first-order valence-corrected chi connectivity index (χ1v) is 7.81. The maximum atomic E-state index is 4.42. The van der Waals surface area contributed by atoms with Gasteiger partial charge in [-0.05, 0) is 65.8 Å². The van der Waals surface area contributed by atoms with Gasteiger partial charge in [0.1, 0.15) is 0 Å². The summed E-state index contributed by atoms with van der Waals surface area (Å²) in [5.41, 5.74) is 1.38. The molecular formula is C17H31N3. The molecule has 20 heavy (non-hydrogen) atoms. The van der Waals surface area contributed by atoms with Crippen molar-refractivity contribution in [3.63, 3.8) is 0 Å². The Balaban J connectivity index is 2.34. The van der Waals surface area contributed by atoms with Crippen LogP contribution in [0.5, 0.6) is 0 Å². The third-order valence-electron chi connectivity index (χ3n) is 3.57. The van der Waals surface area contributed by atoms with E-state index in [1.165, 1.54) is 12.8 Å². The Hall–Kier alpha value is -0.930. The smallest absolute Gasteiger partial charge is 0.0544 e. The fourth-order valence-electron chi connectivity index (χ4n) is 2.32. The fraction of sp³-hybridized carbons (Fsp3) is 0.706. The molecule has 0 aliphatic heterocycles. The van der Waals surface area contributed by atoms with E-state index in [9.17, 15) is 0 Å². The molecule has 0 amide bonds. The van der Waals surface area contributed by atoms with Crippen LogP contribution in [-0.4, -0.2) is 34.6 Å². The second-order valence-corrected chi connectivity index (χ2v) is 6.55. The average molecular weight is 277 g/mol. The number of nitrogens with one attached hydrogen (secondary N) is 1. The summed E-state index contributed by atoms with van der Waals surface area (Å²) in [6.45, 7) is 14.3. The Morgan fingerprint density at radius 3 is 2.60 bits per heavy atom. The molecule has 0 saturated heterocycles. The molecule has 1 rings (SSSR count). The number of hydrogen-bond donors (Lipinski definition) is 1. The van der Waals surface area contributed by atoms with Crippen molar-refractivity contribution >= 4 is 0 Å². The van der Waals surface area contributed by atoms with Crippen LogP contribution in [-0.2, 0) is 6.54 Å². The number of hydrogen-bond acceptors (Lipinski definition) is 3. The minimum atomic E-state index is 0.224. The lowest BCUT2D eigenvalue weighted by Gasteiger charge is -2.28. The molecule has 0 aliphatic rings. The first-order chi connectivity index (χ1) is 9.42. The zero-order chi connectivity index (χ0) is 15.0. The van der Waals surface area contributed by atoms with Crippen molar-refractivity contribution in [2.24, 2.45) is 0 Å². The van der Waals surface area contributed by atoms with Crippen molar-refractivity contribution in [2.75, 3.05) is 13.1 Å². The van der Waals surface area contributed by atoms with Crippen molar-refractivity contribution < 1.29 is 0 Å². The molecule has 0 fully saturated rings. The number of pyridine rings is 1. The molecule has 0 bridgehead atoms. The topological polar surface area (TPSA) is 28.2 Å². The summed E-state index contributed by atoms with van der Waals surface area (Å²) in [6, 6.07) is 6.75. The van der Waals surface area contributed by atoms with Gasteiger partial charge in [0.05, 0.1) is 5.69 Å². The van der Waals surface area contributed by atoms with Gasteiger partial charge in [-0.2, -0.15) is 0 Å². The molecular weight excluding hydrogens is 246 g/mol. The van der Waals surface area contributed by atoms with Crippen molar-refractivity contribution in [1.82, 2.24) is 15.2 Å². The van der Waals surface area contributed by atoms with E-state index in [4.69, 9.17) is 0 Å². The zero-order valence-corrected chi connectivity index (χ0v) is 13.8. The van der Waals surface area contributed by atoms with E-state index in [0.29, 0.717) is 6.04 Å². The summed E-state index contributed by atoms with van der Waals surface area (Å²) in [6.07, 6.45) is 4.32. The highest BCUT2D eigenvalue weighted by Crippen LogP contribution is 2.10. The van der Waals surface area contributed by atoms with Gasteiger partial charge in [-0.25, -0.2) is 0 Å². The van der Waals surface area contributed by atoms with E-state index >= 15 is 0 Å². The van der Waals surface area contributed by atoms with Gasteiger partial charge < -0.3 is 5.32 Å². The second-order valence-electron chi connectivity index (χ2n) is 6.55. The Kier molecular flexibility index (Phi) is 7.17. The molecule has 1 atom stereocenters. The van der Waals surface area contributed by atoms with E-state index < -0.39 is 0 Å². The van der Waals surface area contributed by atoms with Gasteiger partial charge in [0.2, 0.25) is 0 Å². The SMILES string of the molecule is CCN(Cc1ccccn1)C(C)CCCNC(C)(C)C. The van der Waals surface area contributed by atoms with Gasteiger partial charge >= 0.3 is 0 Å². The number of rotatable bonds is 8. The quantitative estimate of drug-likeness (QED) is 0.738. The summed E-state index contributed by atoms with van der Waals surface area (Å²) in [5, 5.41) is 3.55. The minimum absolute atomic E-state index is 0.224. The van der Waals surface area contributed by atoms with Crippen LogP contribution in [0.4, 0.5) is 0 Å². The number of nitrogens with zero attached hydrogens (tertiary/aromatic N) is 2. The van der Waals surface area contributed by atoms with Crippen LogP contribution in [0.15, 0.2) is 24.4 Å². The summed E-state index contributed by atoms with van der Waals surface area (Å²) < 4.78 is 0. The predicted molar refractivity (Wildman–Crippen MR) is 86.8 cm³/mol. The van der Waals surface area contributed by atoms with Gasteiger partial charge in [-0.15, -0.1) is 0 Å². The largest absolute Gasteiger partial charge is 0.312 e. The molecule has 0 spiro atoms. The Morgan fingerprint density at radius 1 is 1.30 bits per heavy atom. The molecule has 1 aromatic rings. The average Bonchev–Trinajstić information content (AvgIpc) is 2.41. The van der Waals surface area contributed by atoms with Crippen LogP contribution < -0.4 is 5.32 Å². The maximum Gasteiger partial charge on any atom is 0.0544 e. The van der Waals surface area contributed by atoms with Gasteiger partial charge in [0.25, 0.3) is 0 Å². The molecule has 1 aromatic heterocycles. The van der Waals surface area contributed by atoms with Crippen LogP contribution in [0.25, 0.3) is 0 Å². The summed E-state index contributed by atoms with van der Waals surface area (Å²) >= 11 is 0. The van der Waals surface area contributed by atoms with Gasteiger partial charge in [0, 0.05) is 24.3 Å². The molecule has 3 nitrogen and oxygen atoms in total. The van der Waals surface area contributed by atoms with Crippen molar-refractivity contribution in [3.8, 4) is 0 Å². The lowest BCUT2D eigenvalue weighted by atomic mass is 10.1. The number of aromatic nitrogens is 1. The molecule has 0 radical (unpaired) electrons. The van der Waals surface area contributed by atoms with Gasteiger partial charge in [0.15, 0.2) is 0 Å². The lowest BCUT2D eigenvalue weighted by molar-refractivity contribution is 0.195. The molecule has 0 aliphatic carbocycles. The zero-order valence-electron chi connectivity index (χ0n) is 13.8. The molecule has 1 N–H and O–H groups in total. The Morgan fingerprint density at radius 2 is 2.05 bits per heavy atom. The monoisotopic (exact) mass is 277 g/mol. The van der Waals surface area contributed by atoms with E-state index in [0.717, 1.165) is 25.3 Å². The molecule has 3 heteroatoms. The highest BCUT2D eigenvalue weighted by atomic mass is 15.1. The lowest BCUT2D eigenvalue weighted by Crippen LogP contribution is -2.37. The van der Waals surface area contributed by atoms with E-state index in [1.54, 1.807) is 0 Å². The van der Waals surface area contributed by atoms with E-state index in [-0.39, 0.29) is 5.54 Å². The normalized spacial score (nSPS) is 13.7. The Labute approximate surface area is 124 Å². The summed E-state index contributed by atoms with van der Waals surface area (Å²) in [7, 11) is 0. The standard InChI is InChI=1S/C17H31N3/c1-6-20(14-16-11-7-8-12-18-16)15(2)10-9-13-19-17(3,4)5/h7-8,11-12,15,19H,6,9-10,13-14H2,1-5H3. The second kappa shape index (κ2) is 8.38. The summed E-state index contributed by atoms with van der Waals surface area (Å²) in [4.78, 5) is 6.92. The minimum Gasteiger partial charge on any atom is -0.312 e. The summed E-state index contributed by atoms with van der Waals surface area (Å²) in [5.74, 6) is 0. The van der Waals surface area contributed by atoms with E-state index in [2.05, 4.69) is 62.0 Å². The third-order valence-corrected chi connectivity index (χ3v) is 3.57. The van der Waals surface area contributed by atoms with Crippen LogP contribution in [0.1, 0.15) is 53.2 Å². The molecule has 0 aromatic carbocycles. The van der Waals surface area contributed by atoms with Crippen LogP contribution in [0, 0.1) is 0 Å². The van der Waals surface area contributed by atoms with Crippen LogP contribution in [0.2, 0.25) is 0 Å². The van der Waals surface area contributed by atoms with Gasteiger partial charge in [-0.1, -0.05) is 13.0 Å².